The summed E-state index contributed by atoms with van der Waals surface area (Å²) < 4.78 is 7.02. The number of imidazole rings is 1. The highest BCUT2D eigenvalue weighted by Crippen LogP contribution is 2.34. The number of aliphatic hydroxyl groups excluding tert-OH is 3. The van der Waals surface area contributed by atoms with Crippen LogP contribution >= 0.6 is 0 Å². The molecule has 3 aromatic rings. The lowest BCUT2D eigenvalue weighted by molar-refractivity contribution is -0.0501. The molecule has 142 valence electrons. The van der Waals surface area contributed by atoms with E-state index in [1.54, 1.807) is 0 Å². The Morgan fingerprint density at radius 1 is 1.26 bits per heavy atom. The second-order valence-corrected chi connectivity index (χ2v) is 6.43. The average Bonchev–Trinajstić information content (AvgIpc) is 3.16. The molecule has 0 spiro atoms. The van der Waals surface area contributed by atoms with Crippen LogP contribution in [0, 0.1) is 6.92 Å². The van der Waals surface area contributed by atoms with Gasteiger partial charge in [-0.1, -0.05) is 17.7 Å². The zero-order valence-corrected chi connectivity index (χ0v) is 14.4. The molecule has 0 radical (unpaired) electrons. The van der Waals surface area contributed by atoms with Crippen molar-refractivity contribution in [3.63, 3.8) is 0 Å². The highest BCUT2D eigenvalue weighted by molar-refractivity contribution is 5.75. The number of nitrogens with one attached hydrogen (secondary N) is 2. The van der Waals surface area contributed by atoms with E-state index in [1.807, 2.05) is 31.2 Å². The average molecular weight is 373 g/mol. The van der Waals surface area contributed by atoms with Crippen LogP contribution in [0.15, 0.2) is 35.4 Å². The molecular formula is C17H19N5O5. The number of H-pyrrole nitrogens is 1. The number of benzene rings is 1. The Bertz CT molecular complexity index is 1010. The van der Waals surface area contributed by atoms with E-state index < -0.39 is 36.7 Å². The molecule has 10 heteroatoms. The summed E-state index contributed by atoms with van der Waals surface area (Å²) in [6, 6.07) is 7.50. The number of rotatable bonds is 4. The zero-order valence-electron chi connectivity index (χ0n) is 14.4. The first-order chi connectivity index (χ1) is 13.0. The Morgan fingerprint density at radius 2 is 2.00 bits per heavy atom. The van der Waals surface area contributed by atoms with Gasteiger partial charge in [0.1, 0.15) is 18.3 Å². The van der Waals surface area contributed by atoms with Crippen molar-refractivity contribution in [2.24, 2.45) is 0 Å². The van der Waals surface area contributed by atoms with Crippen molar-refractivity contribution in [1.29, 1.82) is 0 Å². The first kappa shape index (κ1) is 17.6. The van der Waals surface area contributed by atoms with E-state index in [1.165, 1.54) is 10.9 Å². The monoisotopic (exact) mass is 373 g/mol. The van der Waals surface area contributed by atoms with Crippen molar-refractivity contribution in [3.05, 3.63) is 46.5 Å². The molecule has 27 heavy (non-hydrogen) atoms. The normalized spacial score (nSPS) is 25.2. The van der Waals surface area contributed by atoms with Crippen molar-refractivity contribution in [1.82, 2.24) is 19.5 Å². The van der Waals surface area contributed by atoms with Gasteiger partial charge >= 0.3 is 0 Å². The van der Waals surface area contributed by atoms with Gasteiger partial charge in [-0.05, 0) is 19.1 Å². The van der Waals surface area contributed by atoms with Gasteiger partial charge in [-0.15, -0.1) is 0 Å². The number of nitrogens with zero attached hydrogens (tertiary/aromatic N) is 3. The standard InChI is InChI=1S/C17H19N5O5/c1-8-2-4-9(5-3-8)20-17-21-11-14(18-7-19-15(11)26)22(17)16-13(25)12(24)10(6-23)27-16/h2-5,7,10,12-13,16,23-25H,6H2,1H3,(H,20,21)(H,18,19,26)/t10-,12+,13-,16+/m0/s1. The molecule has 3 heterocycles. The predicted molar refractivity (Wildman–Crippen MR) is 95.6 cm³/mol. The number of ether oxygens (including phenoxy) is 1. The third-order valence-corrected chi connectivity index (χ3v) is 4.56. The molecule has 4 rings (SSSR count). The first-order valence-electron chi connectivity index (χ1n) is 8.41. The number of aromatic nitrogens is 4. The minimum absolute atomic E-state index is 0.0600. The Hall–Kier alpha value is -2.79. The Morgan fingerprint density at radius 3 is 2.67 bits per heavy atom. The third kappa shape index (κ3) is 2.98. The van der Waals surface area contributed by atoms with Crippen molar-refractivity contribution in [3.8, 4) is 0 Å². The Balaban J connectivity index is 1.83. The van der Waals surface area contributed by atoms with E-state index in [-0.39, 0.29) is 17.1 Å². The molecule has 10 nitrogen and oxygen atoms in total. The van der Waals surface area contributed by atoms with Crippen molar-refractivity contribution >= 4 is 22.8 Å². The van der Waals surface area contributed by atoms with E-state index in [2.05, 4.69) is 20.3 Å². The summed E-state index contributed by atoms with van der Waals surface area (Å²) >= 11 is 0. The van der Waals surface area contributed by atoms with Crippen LogP contribution in [0.25, 0.3) is 11.2 Å². The van der Waals surface area contributed by atoms with Gasteiger partial charge in [-0.3, -0.25) is 9.36 Å². The largest absolute Gasteiger partial charge is 0.394 e. The van der Waals surface area contributed by atoms with E-state index in [9.17, 15) is 20.1 Å². The summed E-state index contributed by atoms with van der Waals surface area (Å²) in [7, 11) is 0. The second-order valence-electron chi connectivity index (χ2n) is 6.43. The predicted octanol–water partition coefficient (Wildman–Crippen LogP) is -0.217. The summed E-state index contributed by atoms with van der Waals surface area (Å²) in [5, 5.41) is 32.9. The molecular weight excluding hydrogens is 354 g/mol. The number of aliphatic hydroxyl groups is 3. The van der Waals surface area contributed by atoms with E-state index >= 15 is 0 Å². The molecule has 1 saturated heterocycles. The second kappa shape index (κ2) is 6.74. The smallest absolute Gasteiger partial charge is 0.278 e. The fourth-order valence-electron chi connectivity index (χ4n) is 3.11. The van der Waals surface area contributed by atoms with Crippen LogP contribution < -0.4 is 10.9 Å². The lowest BCUT2D eigenvalue weighted by Crippen LogP contribution is -2.33. The number of fused-ring (bicyclic) bond motifs is 1. The minimum atomic E-state index is -1.33. The molecule has 1 fully saturated rings. The maximum atomic E-state index is 12.1. The van der Waals surface area contributed by atoms with Crippen molar-refractivity contribution in [2.45, 2.75) is 31.5 Å². The Labute approximate surface area is 153 Å². The van der Waals surface area contributed by atoms with Gasteiger partial charge in [0.25, 0.3) is 5.56 Å². The molecule has 0 aliphatic carbocycles. The molecule has 0 bridgehead atoms. The SMILES string of the molecule is Cc1ccc(Nc2nc3c(=O)[nH]cnc3n2[C@@H]2O[C@@H](CO)[C@@H](O)[C@@H]2O)cc1. The van der Waals surface area contributed by atoms with Gasteiger partial charge in [0.05, 0.1) is 12.9 Å². The lowest BCUT2D eigenvalue weighted by atomic mass is 10.1. The molecule has 1 aliphatic rings. The molecule has 5 N–H and O–H groups in total. The fourth-order valence-corrected chi connectivity index (χ4v) is 3.11. The first-order valence-corrected chi connectivity index (χ1v) is 8.41. The van der Waals surface area contributed by atoms with Gasteiger partial charge in [-0.2, -0.15) is 0 Å². The van der Waals surface area contributed by atoms with Crippen LogP contribution in [0.4, 0.5) is 11.6 Å². The number of hydrogen-bond donors (Lipinski definition) is 5. The topological polar surface area (TPSA) is 146 Å². The van der Waals surface area contributed by atoms with Crippen LogP contribution in [0.2, 0.25) is 0 Å². The number of anilines is 2. The number of aryl methyl sites for hydroxylation is 1. The van der Waals surface area contributed by atoms with Crippen LogP contribution in [0.1, 0.15) is 11.8 Å². The summed E-state index contributed by atoms with van der Waals surface area (Å²) in [5.41, 5.74) is 1.58. The maximum absolute atomic E-state index is 12.1. The van der Waals surface area contributed by atoms with Gasteiger partial charge in [0, 0.05) is 5.69 Å². The van der Waals surface area contributed by atoms with Crippen LogP contribution in [-0.4, -0.2) is 59.8 Å². The quantitative estimate of drug-likeness (QED) is 0.422. The third-order valence-electron chi connectivity index (χ3n) is 4.56. The molecule has 0 amide bonds. The van der Waals surface area contributed by atoms with Gasteiger partial charge in [0.2, 0.25) is 5.95 Å². The summed E-state index contributed by atoms with van der Waals surface area (Å²) in [4.78, 5) is 23.0. The molecule has 1 aromatic carbocycles. The van der Waals surface area contributed by atoms with E-state index in [0.29, 0.717) is 5.69 Å². The fraction of sp³-hybridized carbons (Fsp3) is 0.353. The van der Waals surface area contributed by atoms with Gasteiger partial charge in [0.15, 0.2) is 17.4 Å². The minimum Gasteiger partial charge on any atom is -0.394 e. The molecule has 2 aromatic heterocycles. The zero-order chi connectivity index (χ0) is 19.1. The number of hydrogen-bond acceptors (Lipinski definition) is 8. The molecule has 4 atom stereocenters. The van der Waals surface area contributed by atoms with Gasteiger partial charge in [-0.25, -0.2) is 9.97 Å². The van der Waals surface area contributed by atoms with Crippen LogP contribution in [0.3, 0.4) is 0 Å². The Kier molecular flexibility index (Phi) is 4.40. The summed E-state index contributed by atoms with van der Waals surface area (Å²) in [6.07, 6.45) is -3.44. The lowest BCUT2D eigenvalue weighted by Gasteiger charge is -2.19. The highest BCUT2D eigenvalue weighted by atomic mass is 16.6. The maximum Gasteiger partial charge on any atom is 0.278 e. The van der Waals surface area contributed by atoms with Crippen LogP contribution in [-0.2, 0) is 4.74 Å². The summed E-state index contributed by atoms with van der Waals surface area (Å²) in [6.45, 7) is 1.50. The number of aromatic amines is 1. The highest BCUT2D eigenvalue weighted by Gasteiger charge is 2.45. The molecule has 0 unspecified atom stereocenters. The molecule has 1 aliphatic heterocycles. The van der Waals surface area contributed by atoms with E-state index in [0.717, 1.165) is 5.56 Å². The van der Waals surface area contributed by atoms with Crippen molar-refractivity contribution in [2.75, 3.05) is 11.9 Å². The van der Waals surface area contributed by atoms with E-state index in [4.69, 9.17) is 4.74 Å². The van der Waals surface area contributed by atoms with Crippen LogP contribution in [0.5, 0.6) is 0 Å². The molecule has 0 saturated carbocycles. The van der Waals surface area contributed by atoms with Gasteiger partial charge < -0.3 is 30.4 Å². The summed E-state index contributed by atoms with van der Waals surface area (Å²) in [5.74, 6) is 0.216. The van der Waals surface area contributed by atoms with Crippen molar-refractivity contribution < 1.29 is 20.1 Å².